The molecule has 1 aromatic heterocycles. The molecule has 3 aromatic rings. The zero-order valence-electron chi connectivity index (χ0n) is 12.5. The SMILES string of the molecule is Cc1cc(C)cc(C(O)c2ncc(-c3ccc(Cl)cc3)[nH]2)c1. The Morgan fingerprint density at radius 3 is 2.32 bits per heavy atom. The number of rotatable bonds is 3. The van der Waals surface area contributed by atoms with Crippen molar-refractivity contribution in [2.75, 3.05) is 0 Å². The van der Waals surface area contributed by atoms with E-state index in [1.165, 1.54) is 0 Å². The van der Waals surface area contributed by atoms with Crippen molar-refractivity contribution in [3.63, 3.8) is 0 Å². The number of aromatic amines is 1. The van der Waals surface area contributed by atoms with Crippen molar-refractivity contribution in [1.29, 1.82) is 0 Å². The van der Waals surface area contributed by atoms with Gasteiger partial charge in [-0.1, -0.05) is 53.1 Å². The summed E-state index contributed by atoms with van der Waals surface area (Å²) < 4.78 is 0. The molecule has 0 aliphatic heterocycles. The fourth-order valence-electron chi connectivity index (χ4n) is 2.58. The second kappa shape index (κ2) is 5.95. The van der Waals surface area contributed by atoms with E-state index < -0.39 is 6.10 Å². The summed E-state index contributed by atoms with van der Waals surface area (Å²) in [5.41, 5.74) is 4.93. The third-order valence-electron chi connectivity index (χ3n) is 3.57. The molecule has 1 unspecified atom stereocenters. The van der Waals surface area contributed by atoms with Gasteiger partial charge < -0.3 is 10.1 Å². The highest BCUT2D eigenvalue weighted by Gasteiger charge is 2.15. The first kappa shape index (κ1) is 14.8. The van der Waals surface area contributed by atoms with Gasteiger partial charge in [-0.05, 0) is 37.1 Å². The second-order valence-electron chi connectivity index (χ2n) is 5.51. The third-order valence-corrected chi connectivity index (χ3v) is 3.82. The smallest absolute Gasteiger partial charge is 0.140 e. The standard InChI is InChI=1S/C18H17ClN2O/c1-11-7-12(2)9-14(8-11)17(22)18-20-10-16(21-18)13-3-5-15(19)6-4-13/h3-10,17,22H,1-2H3,(H,20,21). The van der Waals surface area contributed by atoms with Crippen LogP contribution in [0.2, 0.25) is 5.02 Å². The summed E-state index contributed by atoms with van der Waals surface area (Å²) in [5, 5.41) is 11.2. The van der Waals surface area contributed by atoms with E-state index in [0.29, 0.717) is 10.8 Å². The highest BCUT2D eigenvalue weighted by Crippen LogP contribution is 2.25. The van der Waals surface area contributed by atoms with Crippen LogP contribution in [-0.4, -0.2) is 15.1 Å². The average molecular weight is 313 g/mol. The first-order chi connectivity index (χ1) is 10.5. The number of H-pyrrole nitrogens is 1. The van der Waals surface area contributed by atoms with E-state index in [4.69, 9.17) is 11.6 Å². The number of hydrogen-bond acceptors (Lipinski definition) is 2. The molecule has 3 rings (SSSR count). The van der Waals surface area contributed by atoms with Crippen LogP contribution in [0.1, 0.15) is 28.6 Å². The molecule has 1 atom stereocenters. The van der Waals surface area contributed by atoms with Crippen molar-refractivity contribution in [1.82, 2.24) is 9.97 Å². The lowest BCUT2D eigenvalue weighted by Gasteiger charge is -2.10. The summed E-state index contributed by atoms with van der Waals surface area (Å²) in [6.07, 6.45) is 0.962. The summed E-state index contributed by atoms with van der Waals surface area (Å²) in [4.78, 5) is 7.49. The van der Waals surface area contributed by atoms with Crippen LogP contribution in [0.3, 0.4) is 0 Å². The van der Waals surface area contributed by atoms with Gasteiger partial charge in [0.15, 0.2) is 0 Å². The fourth-order valence-corrected chi connectivity index (χ4v) is 2.70. The lowest BCUT2D eigenvalue weighted by Crippen LogP contribution is -2.02. The van der Waals surface area contributed by atoms with Crippen molar-refractivity contribution in [2.45, 2.75) is 20.0 Å². The van der Waals surface area contributed by atoms with Gasteiger partial charge in [0.1, 0.15) is 11.9 Å². The summed E-state index contributed by atoms with van der Waals surface area (Å²) in [6, 6.07) is 13.5. The number of aromatic nitrogens is 2. The maximum atomic E-state index is 10.5. The monoisotopic (exact) mass is 312 g/mol. The molecule has 0 radical (unpaired) electrons. The summed E-state index contributed by atoms with van der Waals surface area (Å²) in [7, 11) is 0. The molecule has 0 aliphatic rings. The molecule has 0 aliphatic carbocycles. The van der Waals surface area contributed by atoms with Gasteiger partial charge in [-0.3, -0.25) is 0 Å². The molecular weight excluding hydrogens is 296 g/mol. The van der Waals surface area contributed by atoms with Crippen LogP contribution in [0.15, 0.2) is 48.7 Å². The molecule has 0 bridgehead atoms. The first-order valence-corrected chi connectivity index (χ1v) is 7.48. The van der Waals surface area contributed by atoms with E-state index in [9.17, 15) is 5.11 Å². The van der Waals surface area contributed by atoms with E-state index in [1.807, 2.05) is 50.2 Å². The topological polar surface area (TPSA) is 48.9 Å². The maximum absolute atomic E-state index is 10.5. The Labute approximate surface area is 134 Å². The van der Waals surface area contributed by atoms with E-state index >= 15 is 0 Å². The number of aryl methyl sites for hydroxylation is 2. The number of hydrogen-bond donors (Lipinski definition) is 2. The van der Waals surface area contributed by atoms with Crippen molar-refractivity contribution in [3.8, 4) is 11.3 Å². The van der Waals surface area contributed by atoms with Crippen molar-refractivity contribution < 1.29 is 5.11 Å². The van der Waals surface area contributed by atoms with Gasteiger partial charge in [0.2, 0.25) is 0 Å². The molecule has 4 heteroatoms. The summed E-state index contributed by atoms with van der Waals surface area (Å²) in [5.74, 6) is 0.537. The Morgan fingerprint density at radius 2 is 1.68 bits per heavy atom. The van der Waals surface area contributed by atoms with Crippen molar-refractivity contribution in [3.05, 3.63) is 76.2 Å². The molecule has 0 amide bonds. The lowest BCUT2D eigenvalue weighted by molar-refractivity contribution is 0.211. The molecule has 2 N–H and O–H groups in total. The Morgan fingerprint density at radius 1 is 1.05 bits per heavy atom. The first-order valence-electron chi connectivity index (χ1n) is 7.10. The molecule has 2 aromatic carbocycles. The van der Waals surface area contributed by atoms with Gasteiger partial charge in [0.25, 0.3) is 0 Å². The molecular formula is C18H17ClN2O. The van der Waals surface area contributed by atoms with Gasteiger partial charge >= 0.3 is 0 Å². The molecule has 0 spiro atoms. The van der Waals surface area contributed by atoms with Crippen LogP contribution in [0, 0.1) is 13.8 Å². The molecule has 22 heavy (non-hydrogen) atoms. The van der Waals surface area contributed by atoms with E-state index in [0.717, 1.165) is 27.9 Å². The predicted octanol–water partition coefficient (Wildman–Crippen LogP) is 4.43. The van der Waals surface area contributed by atoms with E-state index in [-0.39, 0.29) is 0 Å². The van der Waals surface area contributed by atoms with Gasteiger partial charge in [-0.2, -0.15) is 0 Å². The van der Waals surface area contributed by atoms with E-state index in [1.54, 1.807) is 6.20 Å². The predicted molar refractivity (Wildman–Crippen MR) is 89.0 cm³/mol. The largest absolute Gasteiger partial charge is 0.380 e. The minimum atomic E-state index is -0.764. The molecule has 0 saturated carbocycles. The van der Waals surface area contributed by atoms with Crippen LogP contribution in [0.5, 0.6) is 0 Å². The number of halogens is 1. The summed E-state index contributed by atoms with van der Waals surface area (Å²) in [6.45, 7) is 4.04. The zero-order valence-corrected chi connectivity index (χ0v) is 13.2. The molecule has 3 nitrogen and oxygen atoms in total. The van der Waals surface area contributed by atoms with Gasteiger partial charge in [-0.25, -0.2) is 4.98 Å². The van der Waals surface area contributed by atoms with Crippen LogP contribution >= 0.6 is 11.6 Å². The highest BCUT2D eigenvalue weighted by molar-refractivity contribution is 6.30. The molecule has 112 valence electrons. The quantitative estimate of drug-likeness (QED) is 0.751. The number of nitrogens with zero attached hydrogens (tertiary/aromatic N) is 1. The third kappa shape index (κ3) is 3.06. The summed E-state index contributed by atoms with van der Waals surface area (Å²) >= 11 is 5.90. The van der Waals surface area contributed by atoms with Crippen molar-refractivity contribution in [2.24, 2.45) is 0 Å². The fraction of sp³-hybridized carbons (Fsp3) is 0.167. The van der Waals surface area contributed by atoms with Crippen LogP contribution in [-0.2, 0) is 0 Å². The average Bonchev–Trinajstić information content (AvgIpc) is 2.96. The van der Waals surface area contributed by atoms with Crippen LogP contribution in [0.4, 0.5) is 0 Å². The van der Waals surface area contributed by atoms with Crippen molar-refractivity contribution >= 4 is 11.6 Å². The van der Waals surface area contributed by atoms with Gasteiger partial charge in [0, 0.05) is 5.02 Å². The van der Waals surface area contributed by atoms with E-state index in [2.05, 4.69) is 16.0 Å². The molecule has 1 heterocycles. The van der Waals surface area contributed by atoms with Crippen LogP contribution < -0.4 is 0 Å². The Hall–Kier alpha value is -2.10. The minimum absolute atomic E-state index is 0.537. The Bertz CT molecular complexity index is 773. The maximum Gasteiger partial charge on any atom is 0.140 e. The normalized spacial score (nSPS) is 12.4. The lowest BCUT2D eigenvalue weighted by atomic mass is 10.0. The molecule has 0 fully saturated rings. The van der Waals surface area contributed by atoms with Gasteiger partial charge in [-0.15, -0.1) is 0 Å². The zero-order chi connectivity index (χ0) is 15.7. The highest BCUT2D eigenvalue weighted by atomic mass is 35.5. The number of aliphatic hydroxyl groups is 1. The minimum Gasteiger partial charge on any atom is -0.380 e. The van der Waals surface area contributed by atoms with Gasteiger partial charge in [0.05, 0.1) is 11.9 Å². The Balaban J connectivity index is 1.91. The number of nitrogens with one attached hydrogen (secondary N) is 1. The number of imidazole rings is 1. The molecule has 0 saturated heterocycles. The number of benzene rings is 2. The van der Waals surface area contributed by atoms with Crippen LogP contribution in [0.25, 0.3) is 11.3 Å². The Kier molecular flexibility index (Phi) is 4.01. The second-order valence-corrected chi connectivity index (χ2v) is 5.95. The number of aliphatic hydroxyl groups excluding tert-OH is 1.